The van der Waals surface area contributed by atoms with Gasteiger partial charge in [-0.15, -0.1) is 0 Å². The molecule has 0 aliphatic heterocycles. The van der Waals surface area contributed by atoms with E-state index in [-0.39, 0.29) is 0 Å². The van der Waals surface area contributed by atoms with Crippen LogP contribution in [-0.2, 0) is 4.79 Å². The van der Waals surface area contributed by atoms with Crippen LogP contribution >= 0.6 is 0 Å². The molecule has 1 heteroatoms. The minimum absolute atomic E-state index is 0.333. The fourth-order valence-corrected chi connectivity index (χ4v) is 8.75. The summed E-state index contributed by atoms with van der Waals surface area (Å²) in [5.74, 6) is 5.59. The van der Waals surface area contributed by atoms with Gasteiger partial charge in [0.05, 0.1) is 0 Å². The molecular formula is C24H40O. The van der Waals surface area contributed by atoms with Crippen LogP contribution in [0.3, 0.4) is 0 Å². The first-order chi connectivity index (χ1) is 11.9. The van der Waals surface area contributed by atoms with Crippen LogP contribution in [0.5, 0.6) is 0 Å². The van der Waals surface area contributed by atoms with E-state index >= 15 is 0 Å². The molecule has 4 rings (SSSR count). The molecular weight excluding hydrogens is 304 g/mol. The molecule has 0 spiro atoms. The van der Waals surface area contributed by atoms with E-state index in [1.165, 1.54) is 70.6 Å². The second-order valence-electron chi connectivity index (χ2n) is 11.0. The molecule has 142 valence electrons. The van der Waals surface area contributed by atoms with Gasteiger partial charge in [0.15, 0.2) is 0 Å². The van der Waals surface area contributed by atoms with Gasteiger partial charge < -0.3 is 0 Å². The Hall–Kier alpha value is -0.330. The Labute approximate surface area is 155 Å². The summed E-state index contributed by atoms with van der Waals surface area (Å²) in [6.45, 7) is 9.35. The largest absolute Gasteiger partial charge is 0.300 e. The number of hydrogen-bond donors (Lipinski definition) is 0. The number of carbonyl (C=O) groups excluding carboxylic acids is 1. The van der Waals surface area contributed by atoms with Crippen molar-refractivity contribution >= 4 is 5.78 Å². The molecule has 0 aromatic rings. The topological polar surface area (TPSA) is 17.1 Å². The van der Waals surface area contributed by atoms with Crippen LogP contribution in [0.25, 0.3) is 0 Å². The SMILES string of the molecule is CCC[C@H]1CC[C@@H]2C3CC[C@@]4(C)C(CC[C@@H]4C(C)=O)[C@@H]3CC[C@]2(C)C1. The van der Waals surface area contributed by atoms with E-state index in [0.717, 1.165) is 29.6 Å². The predicted octanol–water partition coefficient (Wildman–Crippen LogP) is 6.65. The highest BCUT2D eigenvalue weighted by molar-refractivity contribution is 5.79. The molecule has 0 aromatic carbocycles. The summed E-state index contributed by atoms with van der Waals surface area (Å²) in [6, 6.07) is 0. The van der Waals surface area contributed by atoms with Gasteiger partial charge in [-0.1, -0.05) is 40.0 Å². The number of fused-ring (bicyclic) bond motifs is 5. The Morgan fingerprint density at radius 1 is 0.920 bits per heavy atom. The summed E-state index contributed by atoms with van der Waals surface area (Å²) in [5.41, 5.74) is 0.964. The first kappa shape index (κ1) is 18.1. The molecule has 2 unspecified atom stereocenters. The van der Waals surface area contributed by atoms with Gasteiger partial charge in [-0.25, -0.2) is 0 Å². The number of carbonyl (C=O) groups is 1. The van der Waals surface area contributed by atoms with Crippen LogP contribution in [0.4, 0.5) is 0 Å². The normalized spacial score (nSPS) is 52.2. The van der Waals surface area contributed by atoms with Crippen molar-refractivity contribution in [3.63, 3.8) is 0 Å². The van der Waals surface area contributed by atoms with Crippen molar-refractivity contribution < 1.29 is 4.79 Å². The molecule has 4 saturated carbocycles. The third-order valence-electron chi connectivity index (χ3n) is 9.78. The van der Waals surface area contributed by atoms with E-state index in [9.17, 15) is 4.79 Å². The van der Waals surface area contributed by atoms with Gasteiger partial charge in [-0.2, -0.15) is 0 Å². The molecule has 0 amide bonds. The second-order valence-corrected chi connectivity index (χ2v) is 11.0. The molecule has 0 bridgehead atoms. The summed E-state index contributed by atoms with van der Waals surface area (Å²) in [6.07, 6.45) is 15.5. The highest BCUT2D eigenvalue weighted by atomic mass is 16.1. The molecule has 25 heavy (non-hydrogen) atoms. The van der Waals surface area contributed by atoms with Gasteiger partial charge in [0.2, 0.25) is 0 Å². The Bertz CT molecular complexity index is 524. The zero-order chi connectivity index (χ0) is 17.8. The Kier molecular flexibility index (Phi) is 4.61. The molecule has 4 aliphatic carbocycles. The van der Waals surface area contributed by atoms with Gasteiger partial charge in [-0.3, -0.25) is 4.79 Å². The van der Waals surface area contributed by atoms with Crippen LogP contribution in [-0.4, -0.2) is 5.78 Å². The minimum atomic E-state index is 0.333. The zero-order valence-electron chi connectivity index (χ0n) is 17.2. The molecule has 4 fully saturated rings. The smallest absolute Gasteiger partial charge is 0.133 e. The highest BCUT2D eigenvalue weighted by Crippen LogP contribution is 2.67. The fourth-order valence-electron chi connectivity index (χ4n) is 8.75. The quantitative estimate of drug-likeness (QED) is 0.560. The maximum Gasteiger partial charge on any atom is 0.133 e. The summed E-state index contributed by atoms with van der Waals surface area (Å²) in [5, 5.41) is 0. The minimum Gasteiger partial charge on any atom is -0.300 e. The molecule has 8 atom stereocenters. The lowest BCUT2D eigenvalue weighted by molar-refractivity contribution is -0.131. The van der Waals surface area contributed by atoms with Crippen molar-refractivity contribution in [2.45, 2.75) is 98.3 Å². The van der Waals surface area contributed by atoms with Crippen LogP contribution < -0.4 is 0 Å². The van der Waals surface area contributed by atoms with E-state index in [1.54, 1.807) is 0 Å². The molecule has 0 saturated heterocycles. The van der Waals surface area contributed by atoms with E-state index in [2.05, 4.69) is 20.8 Å². The van der Waals surface area contributed by atoms with Gasteiger partial charge in [0.1, 0.15) is 5.78 Å². The number of Topliss-reactive ketones (excluding diaryl/α,β-unsaturated/α-hetero) is 1. The summed E-state index contributed by atoms with van der Waals surface area (Å²) < 4.78 is 0. The lowest BCUT2D eigenvalue weighted by Crippen LogP contribution is -2.52. The molecule has 0 radical (unpaired) electrons. The van der Waals surface area contributed by atoms with Crippen LogP contribution in [0.15, 0.2) is 0 Å². The predicted molar refractivity (Wildman–Crippen MR) is 104 cm³/mol. The number of hydrogen-bond acceptors (Lipinski definition) is 1. The summed E-state index contributed by atoms with van der Waals surface area (Å²) in [7, 11) is 0. The Balaban J connectivity index is 1.54. The van der Waals surface area contributed by atoms with E-state index in [1.807, 2.05) is 6.92 Å². The van der Waals surface area contributed by atoms with Crippen molar-refractivity contribution in [2.75, 3.05) is 0 Å². The first-order valence-corrected chi connectivity index (χ1v) is 11.4. The van der Waals surface area contributed by atoms with Crippen molar-refractivity contribution in [2.24, 2.45) is 46.3 Å². The van der Waals surface area contributed by atoms with Gasteiger partial charge in [0, 0.05) is 5.92 Å². The monoisotopic (exact) mass is 344 g/mol. The summed E-state index contributed by atoms with van der Waals surface area (Å²) in [4.78, 5) is 12.2. The molecule has 0 aromatic heterocycles. The fraction of sp³-hybridized carbons (Fsp3) is 0.958. The first-order valence-electron chi connectivity index (χ1n) is 11.4. The van der Waals surface area contributed by atoms with E-state index < -0.39 is 0 Å². The van der Waals surface area contributed by atoms with Crippen molar-refractivity contribution in [3.05, 3.63) is 0 Å². The second kappa shape index (κ2) is 6.38. The highest BCUT2D eigenvalue weighted by Gasteiger charge is 2.59. The summed E-state index contributed by atoms with van der Waals surface area (Å²) >= 11 is 0. The van der Waals surface area contributed by atoms with Crippen molar-refractivity contribution in [1.29, 1.82) is 0 Å². The van der Waals surface area contributed by atoms with Crippen molar-refractivity contribution in [1.82, 2.24) is 0 Å². The standard InChI is InChI=1S/C24H40O/c1-5-6-17-7-8-21-18-12-14-24(4)20(16(2)25)9-10-22(24)19(18)11-13-23(21,3)15-17/h17-22H,5-15H2,1-4H3/t17-,18?,19+,20+,21+,22?,23+,24+/m0/s1. The molecule has 1 nitrogen and oxygen atoms in total. The third kappa shape index (κ3) is 2.74. The lowest BCUT2D eigenvalue weighted by atomic mass is 9.45. The van der Waals surface area contributed by atoms with Crippen LogP contribution in [0.2, 0.25) is 0 Å². The van der Waals surface area contributed by atoms with Crippen LogP contribution in [0, 0.1) is 46.3 Å². The zero-order valence-corrected chi connectivity index (χ0v) is 17.2. The van der Waals surface area contributed by atoms with Gasteiger partial charge >= 0.3 is 0 Å². The molecule has 0 N–H and O–H groups in total. The number of ketones is 1. The van der Waals surface area contributed by atoms with Gasteiger partial charge in [-0.05, 0) is 98.7 Å². The molecule has 4 aliphatic rings. The van der Waals surface area contributed by atoms with E-state index in [0.29, 0.717) is 22.5 Å². The van der Waals surface area contributed by atoms with Gasteiger partial charge in [0.25, 0.3) is 0 Å². The van der Waals surface area contributed by atoms with Crippen LogP contribution in [0.1, 0.15) is 98.3 Å². The average Bonchev–Trinajstić information content (AvgIpc) is 2.91. The average molecular weight is 345 g/mol. The Morgan fingerprint density at radius 3 is 2.32 bits per heavy atom. The lowest BCUT2D eigenvalue weighted by Gasteiger charge is -2.60. The number of rotatable bonds is 3. The Morgan fingerprint density at radius 2 is 1.60 bits per heavy atom. The molecule has 0 heterocycles. The maximum absolute atomic E-state index is 12.2. The third-order valence-corrected chi connectivity index (χ3v) is 9.78. The van der Waals surface area contributed by atoms with E-state index in [4.69, 9.17) is 0 Å². The maximum atomic E-state index is 12.2. The van der Waals surface area contributed by atoms with Crippen molar-refractivity contribution in [3.8, 4) is 0 Å².